The van der Waals surface area contributed by atoms with E-state index in [1.807, 2.05) is 0 Å². The van der Waals surface area contributed by atoms with E-state index < -0.39 is 10.0 Å². The van der Waals surface area contributed by atoms with Gasteiger partial charge in [-0.15, -0.1) is 0 Å². The smallest absolute Gasteiger partial charge is 0.324 e. The lowest BCUT2D eigenvalue weighted by molar-refractivity contribution is 0.506. The highest BCUT2D eigenvalue weighted by molar-refractivity contribution is 7.89. The van der Waals surface area contributed by atoms with Crippen molar-refractivity contribution in [2.45, 2.75) is 36.6 Å². The van der Waals surface area contributed by atoms with Crippen molar-refractivity contribution in [3.63, 3.8) is 0 Å². The molecule has 0 unspecified atom stereocenters. The van der Waals surface area contributed by atoms with Gasteiger partial charge in [0, 0.05) is 18.8 Å². The van der Waals surface area contributed by atoms with E-state index in [2.05, 4.69) is 15.3 Å². The molecule has 0 saturated heterocycles. The Morgan fingerprint density at radius 1 is 1.19 bits per heavy atom. The maximum absolute atomic E-state index is 12.6. The van der Waals surface area contributed by atoms with E-state index in [0.29, 0.717) is 22.8 Å². The molecule has 27 heavy (non-hydrogen) atoms. The molecule has 0 aliphatic heterocycles. The first kappa shape index (κ1) is 17.7. The lowest BCUT2D eigenvalue weighted by Crippen LogP contribution is -2.25. The summed E-state index contributed by atoms with van der Waals surface area (Å²) in [5, 5.41) is 8.15. The van der Waals surface area contributed by atoms with Crippen molar-refractivity contribution in [1.29, 1.82) is 0 Å². The van der Waals surface area contributed by atoms with Crippen LogP contribution in [0.1, 0.15) is 31.7 Å². The van der Waals surface area contributed by atoms with Crippen molar-refractivity contribution in [2.75, 3.05) is 5.32 Å². The first-order valence-electron chi connectivity index (χ1n) is 8.68. The lowest BCUT2D eigenvalue weighted by Gasteiger charge is -2.11. The van der Waals surface area contributed by atoms with Gasteiger partial charge in [-0.05, 0) is 37.1 Å². The summed E-state index contributed by atoms with van der Waals surface area (Å²) in [6.45, 7) is 0. The zero-order valence-corrected chi connectivity index (χ0v) is 15.6. The highest BCUT2D eigenvalue weighted by atomic mass is 32.2. The standard InChI is InChI=1S/C17H20N6O3S/c1-22-14-10-19-16(20-11-6-8-13(9-7-11)27(18,25)26)21-15(14)23(17(22)24)12-4-2-3-5-12/h6-10,12H,2-5H2,1H3,(H2,18,25,26)(H,19,20,21). The minimum absolute atomic E-state index is 0.0301. The zero-order valence-electron chi connectivity index (χ0n) is 14.8. The van der Waals surface area contributed by atoms with Crippen molar-refractivity contribution in [3.05, 3.63) is 40.9 Å². The van der Waals surface area contributed by atoms with Crippen molar-refractivity contribution < 1.29 is 8.42 Å². The summed E-state index contributed by atoms with van der Waals surface area (Å²) in [7, 11) is -2.02. The van der Waals surface area contributed by atoms with Gasteiger partial charge in [-0.25, -0.2) is 23.3 Å². The predicted octanol–water partition coefficient (Wildman–Crippen LogP) is 1.64. The van der Waals surface area contributed by atoms with Crippen LogP contribution in [0.4, 0.5) is 11.6 Å². The van der Waals surface area contributed by atoms with E-state index in [-0.39, 0.29) is 16.6 Å². The number of hydrogen-bond donors (Lipinski definition) is 2. The van der Waals surface area contributed by atoms with E-state index >= 15 is 0 Å². The Balaban J connectivity index is 1.71. The second-order valence-corrected chi connectivity index (χ2v) is 8.31. The maximum atomic E-state index is 12.6. The van der Waals surface area contributed by atoms with E-state index in [1.54, 1.807) is 34.5 Å². The molecule has 1 aliphatic carbocycles. The molecule has 2 heterocycles. The number of sulfonamides is 1. The van der Waals surface area contributed by atoms with Gasteiger partial charge < -0.3 is 5.32 Å². The molecule has 3 aromatic rings. The Kier molecular flexibility index (Phi) is 4.23. The summed E-state index contributed by atoms with van der Waals surface area (Å²) >= 11 is 0. The van der Waals surface area contributed by atoms with Crippen LogP contribution < -0.4 is 16.1 Å². The number of nitrogens with zero attached hydrogens (tertiary/aromatic N) is 4. The van der Waals surface area contributed by atoms with E-state index in [4.69, 9.17) is 5.14 Å². The zero-order chi connectivity index (χ0) is 19.2. The normalized spacial score (nSPS) is 15.5. The molecule has 1 aliphatic rings. The molecule has 9 nitrogen and oxygen atoms in total. The molecular weight excluding hydrogens is 368 g/mol. The van der Waals surface area contributed by atoms with Crippen LogP contribution in [-0.2, 0) is 17.1 Å². The van der Waals surface area contributed by atoms with Crippen LogP contribution in [0.25, 0.3) is 11.2 Å². The summed E-state index contributed by atoms with van der Waals surface area (Å²) in [6, 6.07) is 6.16. The SMILES string of the molecule is Cn1c(=O)n(C2CCCC2)c2nc(Nc3ccc(S(N)(=O)=O)cc3)ncc21. The van der Waals surface area contributed by atoms with Gasteiger partial charge in [0.1, 0.15) is 5.52 Å². The molecule has 1 aromatic carbocycles. The summed E-state index contributed by atoms with van der Waals surface area (Å²) in [5.74, 6) is 0.336. The van der Waals surface area contributed by atoms with Crippen molar-refractivity contribution in [3.8, 4) is 0 Å². The number of nitrogens with one attached hydrogen (secondary N) is 1. The Morgan fingerprint density at radius 3 is 2.48 bits per heavy atom. The average Bonchev–Trinajstić information content (AvgIpc) is 3.22. The first-order valence-corrected chi connectivity index (χ1v) is 10.2. The van der Waals surface area contributed by atoms with E-state index in [1.165, 1.54) is 12.1 Å². The quantitative estimate of drug-likeness (QED) is 0.700. The highest BCUT2D eigenvalue weighted by Gasteiger charge is 2.24. The minimum Gasteiger partial charge on any atom is -0.324 e. The largest absolute Gasteiger partial charge is 0.330 e. The number of fused-ring (bicyclic) bond motifs is 1. The third-order valence-electron chi connectivity index (χ3n) is 4.96. The third-order valence-corrected chi connectivity index (χ3v) is 5.89. The van der Waals surface area contributed by atoms with Crippen molar-refractivity contribution in [2.24, 2.45) is 12.2 Å². The number of hydrogen-bond acceptors (Lipinski definition) is 6. The van der Waals surface area contributed by atoms with Crippen LogP contribution in [0.15, 0.2) is 40.2 Å². The molecule has 0 spiro atoms. The van der Waals surface area contributed by atoms with E-state index in [9.17, 15) is 13.2 Å². The molecule has 3 N–H and O–H groups in total. The third kappa shape index (κ3) is 3.21. The Labute approximate surface area is 155 Å². The van der Waals surface area contributed by atoms with Gasteiger partial charge in [-0.2, -0.15) is 4.98 Å². The average molecular weight is 388 g/mol. The Bertz CT molecular complexity index is 1160. The van der Waals surface area contributed by atoms with Crippen molar-refractivity contribution >= 4 is 32.8 Å². The number of anilines is 2. The molecule has 0 atom stereocenters. The molecule has 0 bridgehead atoms. The van der Waals surface area contributed by atoms with Gasteiger partial charge in [0.25, 0.3) is 0 Å². The number of benzene rings is 1. The van der Waals surface area contributed by atoms with Gasteiger partial charge in [0.15, 0.2) is 5.65 Å². The molecule has 1 saturated carbocycles. The molecule has 0 radical (unpaired) electrons. The number of rotatable bonds is 4. The maximum Gasteiger partial charge on any atom is 0.330 e. The van der Waals surface area contributed by atoms with Crippen LogP contribution >= 0.6 is 0 Å². The van der Waals surface area contributed by atoms with Gasteiger partial charge in [0.05, 0.1) is 11.1 Å². The predicted molar refractivity (Wildman–Crippen MR) is 101 cm³/mol. The molecular formula is C17H20N6O3S. The summed E-state index contributed by atoms with van der Waals surface area (Å²) in [5.41, 5.74) is 1.82. The van der Waals surface area contributed by atoms with Crippen molar-refractivity contribution in [1.82, 2.24) is 19.1 Å². The number of aromatic nitrogens is 4. The fourth-order valence-electron chi connectivity index (χ4n) is 3.54. The van der Waals surface area contributed by atoms with Gasteiger partial charge in [0.2, 0.25) is 16.0 Å². The highest BCUT2D eigenvalue weighted by Crippen LogP contribution is 2.30. The molecule has 1 fully saturated rings. The first-order chi connectivity index (χ1) is 12.8. The fraction of sp³-hybridized carbons (Fsp3) is 0.353. The van der Waals surface area contributed by atoms with Crippen LogP contribution in [-0.4, -0.2) is 27.5 Å². The molecule has 4 rings (SSSR count). The number of nitrogens with two attached hydrogens (primary N) is 1. The monoisotopic (exact) mass is 388 g/mol. The molecule has 0 amide bonds. The topological polar surface area (TPSA) is 125 Å². The van der Waals surface area contributed by atoms with Crippen LogP contribution in [0.3, 0.4) is 0 Å². The second kappa shape index (κ2) is 6.46. The minimum atomic E-state index is -3.74. The van der Waals surface area contributed by atoms with Gasteiger partial charge in [-0.1, -0.05) is 12.8 Å². The summed E-state index contributed by atoms with van der Waals surface area (Å²) in [4.78, 5) is 21.5. The molecule has 2 aromatic heterocycles. The van der Waals surface area contributed by atoms with Gasteiger partial charge >= 0.3 is 5.69 Å². The van der Waals surface area contributed by atoms with Gasteiger partial charge in [-0.3, -0.25) is 9.13 Å². The number of aryl methyl sites for hydroxylation is 1. The summed E-state index contributed by atoms with van der Waals surface area (Å²) in [6.07, 6.45) is 5.79. The molecule has 10 heteroatoms. The Hall–Kier alpha value is -2.72. The number of primary sulfonamides is 1. The second-order valence-electron chi connectivity index (χ2n) is 6.75. The van der Waals surface area contributed by atoms with Crippen LogP contribution in [0.5, 0.6) is 0 Å². The summed E-state index contributed by atoms with van der Waals surface area (Å²) < 4.78 is 26.0. The van der Waals surface area contributed by atoms with Crippen LogP contribution in [0.2, 0.25) is 0 Å². The lowest BCUT2D eigenvalue weighted by atomic mass is 10.2. The van der Waals surface area contributed by atoms with E-state index in [0.717, 1.165) is 25.7 Å². The fourth-order valence-corrected chi connectivity index (χ4v) is 4.06. The molecule has 142 valence electrons. The number of imidazole rings is 1. The van der Waals surface area contributed by atoms with Crippen LogP contribution in [0, 0.1) is 0 Å². The Morgan fingerprint density at radius 2 is 1.85 bits per heavy atom.